The van der Waals surface area contributed by atoms with Gasteiger partial charge in [-0.2, -0.15) is 5.10 Å². The second kappa shape index (κ2) is 6.60. The number of hydrogen-bond donors (Lipinski definition) is 2. The van der Waals surface area contributed by atoms with E-state index in [0.717, 1.165) is 11.3 Å². The molecule has 1 aromatic heterocycles. The normalized spacial score (nSPS) is 10.1. The number of rotatable bonds is 5. The van der Waals surface area contributed by atoms with Crippen LogP contribution in [-0.4, -0.2) is 29.0 Å². The fourth-order valence-corrected chi connectivity index (χ4v) is 1.68. The first-order chi connectivity index (χ1) is 9.63. The fourth-order valence-electron chi connectivity index (χ4n) is 1.68. The van der Waals surface area contributed by atoms with Crippen molar-refractivity contribution in [1.29, 1.82) is 0 Å². The summed E-state index contributed by atoms with van der Waals surface area (Å²) in [5.41, 5.74) is 1.14. The molecule has 6 nitrogen and oxygen atoms in total. The maximum atomic E-state index is 11.6. The quantitative estimate of drug-likeness (QED) is 0.819. The molecule has 2 amide bonds. The third-order valence-corrected chi connectivity index (χ3v) is 2.60. The molecule has 6 heteroatoms. The van der Waals surface area contributed by atoms with Gasteiger partial charge in [0.1, 0.15) is 12.4 Å². The highest BCUT2D eigenvalue weighted by molar-refractivity contribution is 5.88. The predicted octanol–water partition coefficient (Wildman–Crippen LogP) is 1.93. The first kappa shape index (κ1) is 13.9. The highest BCUT2D eigenvalue weighted by Gasteiger charge is 2.03. The molecule has 0 atom stereocenters. The molecule has 20 heavy (non-hydrogen) atoms. The lowest BCUT2D eigenvalue weighted by atomic mass is 10.2. The number of hydrogen-bond acceptors (Lipinski definition) is 3. The maximum Gasteiger partial charge on any atom is 0.320 e. The summed E-state index contributed by atoms with van der Waals surface area (Å²) in [5, 5.41) is 9.38. The van der Waals surface area contributed by atoms with Crippen molar-refractivity contribution in [3.63, 3.8) is 0 Å². The van der Waals surface area contributed by atoms with Gasteiger partial charge in [0, 0.05) is 19.3 Å². The molecule has 0 radical (unpaired) electrons. The molecule has 2 N–H and O–H groups in total. The summed E-state index contributed by atoms with van der Waals surface area (Å²) in [6.45, 7) is 2.84. The molecule has 0 saturated carbocycles. The van der Waals surface area contributed by atoms with Gasteiger partial charge >= 0.3 is 6.03 Å². The van der Waals surface area contributed by atoms with Gasteiger partial charge in [0.25, 0.3) is 0 Å². The molecule has 1 heterocycles. The van der Waals surface area contributed by atoms with E-state index in [4.69, 9.17) is 4.74 Å². The number of carbonyl (C=O) groups excluding carboxylic acids is 1. The van der Waals surface area contributed by atoms with E-state index in [1.54, 1.807) is 24.0 Å². The Morgan fingerprint density at radius 3 is 2.95 bits per heavy atom. The van der Waals surface area contributed by atoms with Crippen molar-refractivity contribution in [2.75, 3.05) is 18.5 Å². The van der Waals surface area contributed by atoms with Gasteiger partial charge in [0.15, 0.2) is 5.82 Å². The standard InChI is InChI=1S/C14H18N4O2/c1-11-4-3-5-12(10-11)20-9-7-15-14(19)16-13-6-8-18(2)17-13/h3-6,8,10H,7,9H2,1-2H3,(H2,15,16,17,19). The molecular weight excluding hydrogens is 256 g/mol. The fraction of sp³-hybridized carbons (Fsp3) is 0.286. The molecule has 0 unspecified atom stereocenters. The van der Waals surface area contributed by atoms with Crippen molar-refractivity contribution >= 4 is 11.8 Å². The molecule has 106 valence electrons. The minimum Gasteiger partial charge on any atom is -0.492 e. The summed E-state index contributed by atoms with van der Waals surface area (Å²) >= 11 is 0. The second-order valence-electron chi connectivity index (χ2n) is 4.42. The van der Waals surface area contributed by atoms with Crippen LogP contribution in [0, 0.1) is 6.92 Å². The highest BCUT2D eigenvalue weighted by Crippen LogP contribution is 2.11. The summed E-state index contributed by atoms with van der Waals surface area (Å²) in [4.78, 5) is 11.6. The predicted molar refractivity (Wildman–Crippen MR) is 76.9 cm³/mol. The number of urea groups is 1. The minimum absolute atomic E-state index is 0.295. The van der Waals surface area contributed by atoms with Crippen LogP contribution in [0.4, 0.5) is 10.6 Å². The lowest BCUT2D eigenvalue weighted by Crippen LogP contribution is -2.32. The summed E-state index contributed by atoms with van der Waals surface area (Å²) in [7, 11) is 1.79. The van der Waals surface area contributed by atoms with E-state index in [1.807, 2.05) is 31.2 Å². The Hall–Kier alpha value is -2.50. The monoisotopic (exact) mass is 274 g/mol. The SMILES string of the molecule is Cc1cccc(OCCNC(=O)Nc2ccn(C)n2)c1. The van der Waals surface area contributed by atoms with E-state index < -0.39 is 0 Å². The number of benzene rings is 1. The molecule has 2 aromatic rings. The smallest absolute Gasteiger partial charge is 0.320 e. The van der Waals surface area contributed by atoms with Crippen LogP contribution in [0.5, 0.6) is 5.75 Å². The first-order valence-corrected chi connectivity index (χ1v) is 6.37. The zero-order valence-electron chi connectivity index (χ0n) is 11.6. The summed E-state index contributed by atoms with van der Waals surface area (Å²) < 4.78 is 7.15. The van der Waals surface area contributed by atoms with Crippen molar-refractivity contribution in [1.82, 2.24) is 15.1 Å². The van der Waals surface area contributed by atoms with Crippen molar-refractivity contribution in [3.05, 3.63) is 42.1 Å². The topological polar surface area (TPSA) is 68.2 Å². The van der Waals surface area contributed by atoms with Crippen LogP contribution in [0.15, 0.2) is 36.5 Å². The van der Waals surface area contributed by atoms with Crippen molar-refractivity contribution in [3.8, 4) is 5.75 Å². The zero-order chi connectivity index (χ0) is 14.4. The summed E-state index contributed by atoms with van der Waals surface area (Å²) in [5.74, 6) is 1.32. The van der Waals surface area contributed by atoms with Gasteiger partial charge in [-0.05, 0) is 24.6 Å². The largest absolute Gasteiger partial charge is 0.492 e. The number of aryl methyl sites for hydroxylation is 2. The van der Waals surface area contributed by atoms with Crippen LogP contribution >= 0.6 is 0 Å². The van der Waals surface area contributed by atoms with Crippen molar-refractivity contribution in [2.45, 2.75) is 6.92 Å². The number of aromatic nitrogens is 2. The van der Waals surface area contributed by atoms with Gasteiger partial charge in [0.2, 0.25) is 0 Å². The number of nitrogens with zero attached hydrogens (tertiary/aromatic N) is 2. The lowest BCUT2D eigenvalue weighted by molar-refractivity contribution is 0.247. The van der Waals surface area contributed by atoms with Crippen LogP contribution < -0.4 is 15.4 Å². The Labute approximate surface area is 117 Å². The van der Waals surface area contributed by atoms with Crippen LogP contribution in [0.2, 0.25) is 0 Å². The van der Waals surface area contributed by atoms with E-state index in [9.17, 15) is 4.79 Å². The third kappa shape index (κ3) is 4.31. The average Bonchev–Trinajstić information content (AvgIpc) is 2.80. The van der Waals surface area contributed by atoms with Gasteiger partial charge in [-0.3, -0.25) is 10.00 Å². The van der Waals surface area contributed by atoms with Crippen LogP contribution in [0.3, 0.4) is 0 Å². The average molecular weight is 274 g/mol. The molecule has 1 aromatic carbocycles. The van der Waals surface area contributed by atoms with Crippen LogP contribution in [0.25, 0.3) is 0 Å². The molecule has 0 spiro atoms. The summed E-state index contributed by atoms with van der Waals surface area (Å²) in [6.07, 6.45) is 1.76. The Kier molecular flexibility index (Phi) is 4.60. The lowest BCUT2D eigenvalue weighted by Gasteiger charge is -2.08. The number of anilines is 1. The molecule has 0 aliphatic carbocycles. The van der Waals surface area contributed by atoms with Crippen molar-refractivity contribution < 1.29 is 9.53 Å². The maximum absolute atomic E-state index is 11.6. The number of amides is 2. The van der Waals surface area contributed by atoms with Gasteiger partial charge in [-0.15, -0.1) is 0 Å². The Morgan fingerprint density at radius 1 is 1.40 bits per heavy atom. The second-order valence-corrected chi connectivity index (χ2v) is 4.42. The molecule has 0 aliphatic rings. The molecule has 0 saturated heterocycles. The van der Waals surface area contributed by atoms with E-state index in [1.165, 1.54) is 0 Å². The molecule has 0 aliphatic heterocycles. The number of nitrogens with one attached hydrogen (secondary N) is 2. The van der Waals surface area contributed by atoms with E-state index >= 15 is 0 Å². The van der Waals surface area contributed by atoms with Gasteiger partial charge in [0.05, 0.1) is 6.54 Å². The van der Waals surface area contributed by atoms with Gasteiger partial charge in [-0.25, -0.2) is 4.79 Å². The Bertz CT molecular complexity index is 580. The van der Waals surface area contributed by atoms with Gasteiger partial charge in [-0.1, -0.05) is 12.1 Å². The van der Waals surface area contributed by atoms with Crippen LogP contribution in [0.1, 0.15) is 5.56 Å². The van der Waals surface area contributed by atoms with E-state index in [0.29, 0.717) is 19.0 Å². The number of carbonyl (C=O) groups is 1. The minimum atomic E-state index is -0.295. The van der Waals surface area contributed by atoms with Crippen molar-refractivity contribution in [2.24, 2.45) is 7.05 Å². The molecule has 2 rings (SSSR count). The number of ether oxygens (including phenoxy) is 1. The zero-order valence-corrected chi connectivity index (χ0v) is 11.6. The Balaban J connectivity index is 1.67. The Morgan fingerprint density at radius 2 is 2.25 bits per heavy atom. The van der Waals surface area contributed by atoms with E-state index in [2.05, 4.69) is 15.7 Å². The molecular formula is C14H18N4O2. The van der Waals surface area contributed by atoms with Gasteiger partial charge < -0.3 is 10.1 Å². The summed E-state index contributed by atoms with van der Waals surface area (Å²) in [6, 6.07) is 9.21. The third-order valence-electron chi connectivity index (χ3n) is 2.60. The van der Waals surface area contributed by atoms with E-state index in [-0.39, 0.29) is 6.03 Å². The molecule has 0 bridgehead atoms. The first-order valence-electron chi connectivity index (χ1n) is 6.37. The highest BCUT2D eigenvalue weighted by atomic mass is 16.5. The molecule has 0 fully saturated rings. The van der Waals surface area contributed by atoms with Crippen LogP contribution in [-0.2, 0) is 7.05 Å².